The molecule has 0 radical (unpaired) electrons. The predicted octanol–water partition coefficient (Wildman–Crippen LogP) is 3.63. The van der Waals surface area contributed by atoms with Crippen LogP contribution >= 0.6 is 0 Å². The SMILES string of the molecule is CCCOc1ccccc1OCC(=O)O[C@@H](C)C(=O)Nc1cccc(C(C)=O)c1. The molecule has 0 heterocycles. The molecule has 1 amide bonds. The van der Waals surface area contributed by atoms with Crippen LogP contribution in [-0.4, -0.2) is 37.0 Å². The molecule has 29 heavy (non-hydrogen) atoms. The Hall–Kier alpha value is -3.35. The van der Waals surface area contributed by atoms with Gasteiger partial charge in [0, 0.05) is 11.3 Å². The van der Waals surface area contributed by atoms with Gasteiger partial charge in [-0.2, -0.15) is 0 Å². The van der Waals surface area contributed by atoms with Crippen LogP contribution in [0.5, 0.6) is 11.5 Å². The largest absolute Gasteiger partial charge is 0.490 e. The van der Waals surface area contributed by atoms with Gasteiger partial charge in [0.25, 0.3) is 5.91 Å². The highest BCUT2D eigenvalue weighted by molar-refractivity contribution is 5.98. The van der Waals surface area contributed by atoms with E-state index in [9.17, 15) is 14.4 Å². The number of para-hydroxylation sites is 2. The first kappa shape index (κ1) is 21.9. The van der Waals surface area contributed by atoms with Gasteiger partial charge in [-0.05, 0) is 44.5 Å². The van der Waals surface area contributed by atoms with Crippen molar-refractivity contribution in [3.05, 3.63) is 54.1 Å². The molecule has 1 atom stereocenters. The monoisotopic (exact) mass is 399 g/mol. The third-order valence-corrected chi connectivity index (χ3v) is 3.87. The van der Waals surface area contributed by atoms with Gasteiger partial charge < -0.3 is 19.5 Å². The fraction of sp³-hybridized carbons (Fsp3) is 0.318. The lowest BCUT2D eigenvalue weighted by atomic mass is 10.1. The van der Waals surface area contributed by atoms with Crippen LogP contribution in [0, 0.1) is 0 Å². The molecule has 0 bridgehead atoms. The zero-order chi connectivity index (χ0) is 21.2. The van der Waals surface area contributed by atoms with E-state index in [1.165, 1.54) is 13.8 Å². The maximum Gasteiger partial charge on any atom is 0.344 e. The second kappa shape index (κ2) is 10.8. The molecular formula is C22H25NO6. The Bertz CT molecular complexity index is 864. The standard InChI is InChI=1S/C22H25NO6/c1-4-12-27-19-10-5-6-11-20(19)28-14-21(25)29-16(3)22(26)23-18-9-7-8-17(13-18)15(2)24/h5-11,13,16H,4,12,14H2,1-3H3,(H,23,26)/t16-/m0/s1. The number of Topliss-reactive ketones (excluding diaryl/α,β-unsaturated/α-hetero) is 1. The van der Waals surface area contributed by atoms with Gasteiger partial charge in [-0.3, -0.25) is 9.59 Å². The summed E-state index contributed by atoms with van der Waals surface area (Å²) in [6, 6.07) is 13.5. The van der Waals surface area contributed by atoms with E-state index in [4.69, 9.17) is 14.2 Å². The number of amides is 1. The number of benzene rings is 2. The van der Waals surface area contributed by atoms with Crippen LogP contribution in [0.1, 0.15) is 37.6 Å². The average molecular weight is 399 g/mol. The van der Waals surface area contributed by atoms with E-state index in [2.05, 4.69) is 5.32 Å². The highest BCUT2D eigenvalue weighted by Gasteiger charge is 2.19. The Morgan fingerprint density at radius 3 is 2.34 bits per heavy atom. The molecule has 2 aromatic rings. The molecule has 7 nitrogen and oxygen atoms in total. The zero-order valence-electron chi connectivity index (χ0n) is 16.8. The summed E-state index contributed by atoms with van der Waals surface area (Å²) in [4.78, 5) is 35.7. The minimum absolute atomic E-state index is 0.110. The lowest BCUT2D eigenvalue weighted by molar-refractivity contribution is -0.155. The fourth-order valence-corrected chi connectivity index (χ4v) is 2.38. The lowest BCUT2D eigenvalue weighted by Crippen LogP contribution is -2.31. The van der Waals surface area contributed by atoms with Gasteiger partial charge in [-0.1, -0.05) is 31.2 Å². The summed E-state index contributed by atoms with van der Waals surface area (Å²) >= 11 is 0. The van der Waals surface area contributed by atoms with Gasteiger partial charge >= 0.3 is 5.97 Å². The van der Waals surface area contributed by atoms with Gasteiger partial charge in [-0.25, -0.2) is 4.79 Å². The quantitative estimate of drug-likeness (QED) is 0.485. The van der Waals surface area contributed by atoms with Crippen LogP contribution in [0.4, 0.5) is 5.69 Å². The van der Waals surface area contributed by atoms with Crippen molar-refractivity contribution in [2.75, 3.05) is 18.5 Å². The number of carbonyl (C=O) groups excluding carboxylic acids is 3. The highest BCUT2D eigenvalue weighted by Crippen LogP contribution is 2.26. The van der Waals surface area contributed by atoms with E-state index < -0.39 is 18.0 Å². The Balaban J connectivity index is 1.86. The number of nitrogens with one attached hydrogen (secondary N) is 1. The van der Waals surface area contributed by atoms with E-state index in [-0.39, 0.29) is 12.4 Å². The molecule has 0 fully saturated rings. The average Bonchev–Trinajstić information content (AvgIpc) is 2.71. The van der Waals surface area contributed by atoms with E-state index >= 15 is 0 Å². The lowest BCUT2D eigenvalue weighted by Gasteiger charge is -2.15. The molecule has 0 unspecified atom stereocenters. The van der Waals surface area contributed by atoms with Gasteiger partial charge in [-0.15, -0.1) is 0 Å². The van der Waals surface area contributed by atoms with E-state index in [1.54, 1.807) is 42.5 Å². The summed E-state index contributed by atoms with van der Waals surface area (Å²) in [7, 11) is 0. The maximum atomic E-state index is 12.2. The number of carbonyl (C=O) groups is 3. The molecular weight excluding hydrogens is 374 g/mol. The smallest absolute Gasteiger partial charge is 0.344 e. The molecule has 0 aliphatic rings. The Morgan fingerprint density at radius 2 is 1.69 bits per heavy atom. The minimum Gasteiger partial charge on any atom is -0.490 e. The highest BCUT2D eigenvalue weighted by atomic mass is 16.6. The van der Waals surface area contributed by atoms with Crippen molar-refractivity contribution >= 4 is 23.3 Å². The molecule has 2 rings (SSSR count). The first-order valence-corrected chi connectivity index (χ1v) is 9.36. The second-order valence-corrected chi connectivity index (χ2v) is 6.34. The van der Waals surface area contributed by atoms with E-state index in [1.807, 2.05) is 13.0 Å². The number of hydrogen-bond acceptors (Lipinski definition) is 6. The van der Waals surface area contributed by atoms with Gasteiger partial charge in [0.15, 0.2) is 30.0 Å². The summed E-state index contributed by atoms with van der Waals surface area (Å²) in [6.07, 6.45) is -0.183. The molecule has 0 spiro atoms. The van der Waals surface area contributed by atoms with Crippen LogP contribution in [0.25, 0.3) is 0 Å². The van der Waals surface area contributed by atoms with Crippen LogP contribution in [0.2, 0.25) is 0 Å². The molecule has 2 aromatic carbocycles. The summed E-state index contributed by atoms with van der Waals surface area (Å²) in [6.45, 7) is 5.07. The normalized spacial score (nSPS) is 11.3. The second-order valence-electron chi connectivity index (χ2n) is 6.34. The molecule has 0 aliphatic carbocycles. The van der Waals surface area contributed by atoms with Crippen LogP contribution in [0.15, 0.2) is 48.5 Å². The summed E-state index contributed by atoms with van der Waals surface area (Å²) < 4.78 is 16.2. The number of hydrogen-bond donors (Lipinski definition) is 1. The topological polar surface area (TPSA) is 90.9 Å². The Morgan fingerprint density at radius 1 is 1.00 bits per heavy atom. The van der Waals surface area contributed by atoms with E-state index in [0.717, 1.165) is 6.42 Å². The molecule has 0 saturated heterocycles. The van der Waals surface area contributed by atoms with Crippen molar-refractivity contribution in [2.24, 2.45) is 0 Å². The summed E-state index contributed by atoms with van der Waals surface area (Å²) in [5, 5.41) is 2.62. The number of ether oxygens (including phenoxy) is 3. The van der Waals surface area contributed by atoms with Gasteiger partial charge in [0.1, 0.15) is 0 Å². The van der Waals surface area contributed by atoms with Crippen molar-refractivity contribution in [1.82, 2.24) is 0 Å². The van der Waals surface area contributed by atoms with Gasteiger partial charge in [0.05, 0.1) is 6.61 Å². The third-order valence-electron chi connectivity index (χ3n) is 3.87. The van der Waals surface area contributed by atoms with Crippen molar-refractivity contribution in [3.63, 3.8) is 0 Å². The zero-order valence-corrected chi connectivity index (χ0v) is 16.8. The first-order valence-electron chi connectivity index (χ1n) is 9.36. The molecule has 154 valence electrons. The van der Waals surface area contributed by atoms with Crippen molar-refractivity contribution in [2.45, 2.75) is 33.3 Å². The van der Waals surface area contributed by atoms with E-state index in [0.29, 0.717) is 29.4 Å². The molecule has 0 aromatic heterocycles. The first-order chi connectivity index (χ1) is 13.9. The third kappa shape index (κ3) is 6.95. The molecule has 0 aliphatic heterocycles. The van der Waals surface area contributed by atoms with Crippen LogP contribution in [0.3, 0.4) is 0 Å². The molecule has 0 saturated carbocycles. The molecule has 1 N–H and O–H groups in total. The van der Waals surface area contributed by atoms with Crippen LogP contribution in [-0.2, 0) is 14.3 Å². The summed E-state index contributed by atoms with van der Waals surface area (Å²) in [5.41, 5.74) is 0.925. The minimum atomic E-state index is -1.03. The number of anilines is 1. The Labute approximate surface area is 170 Å². The maximum absolute atomic E-state index is 12.2. The van der Waals surface area contributed by atoms with Crippen molar-refractivity contribution in [3.8, 4) is 11.5 Å². The Kier molecular flexibility index (Phi) is 8.21. The number of rotatable bonds is 10. The fourth-order valence-electron chi connectivity index (χ4n) is 2.38. The van der Waals surface area contributed by atoms with Crippen molar-refractivity contribution in [1.29, 1.82) is 0 Å². The van der Waals surface area contributed by atoms with Gasteiger partial charge in [0.2, 0.25) is 0 Å². The predicted molar refractivity (Wildman–Crippen MR) is 108 cm³/mol. The van der Waals surface area contributed by atoms with Crippen molar-refractivity contribution < 1.29 is 28.6 Å². The summed E-state index contributed by atoms with van der Waals surface area (Å²) in [5.74, 6) is -0.337. The molecule has 7 heteroatoms. The number of esters is 1. The number of ketones is 1. The van der Waals surface area contributed by atoms with Crippen LogP contribution < -0.4 is 14.8 Å².